The first kappa shape index (κ1) is 13.8. The van der Waals surface area contributed by atoms with Gasteiger partial charge in [0.05, 0.1) is 12.2 Å². The van der Waals surface area contributed by atoms with Crippen LogP contribution in [0.3, 0.4) is 0 Å². The van der Waals surface area contributed by atoms with E-state index in [-0.39, 0.29) is 6.61 Å². The van der Waals surface area contributed by atoms with E-state index in [1.54, 1.807) is 0 Å². The molecule has 0 aromatic heterocycles. The van der Waals surface area contributed by atoms with E-state index in [4.69, 9.17) is 27.6 Å². The van der Waals surface area contributed by atoms with E-state index in [1.165, 1.54) is 12.1 Å². The summed E-state index contributed by atoms with van der Waals surface area (Å²) in [6.07, 6.45) is -4.29. The lowest BCUT2D eigenvalue weighted by Gasteiger charge is -2.08. The van der Waals surface area contributed by atoms with E-state index in [2.05, 4.69) is 0 Å². The molecule has 16 heavy (non-hydrogen) atoms. The lowest BCUT2D eigenvalue weighted by Crippen LogP contribution is -2.20. The normalized spacial score (nSPS) is 12.9. The Bertz CT molecular complexity index is 327. The van der Waals surface area contributed by atoms with Crippen LogP contribution in [0.1, 0.15) is 5.56 Å². The lowest BCUT2D eigenvalue weighted by atomic mass is 10.2. The van der Waals surface area contributed by atoms with Crippen molar-refractivity contribution in [2.75, 3.05) is 6.61 Å². The number of hydrogen-bond acceptors (Lipinski definition) is 1. The van der Waals surface area contributed by atoms with Gasteiger partial charge in [0, 0.05) is 0 Å². The standard InChI is InChI=1S/C9H9Cl2F3OSi/c10-8(11)5-15-16-7-3-1-6(2-4-7)9(12,13)14/h1-4,8H,5,16H2. The molecule has 0 fully saturated rings. The monoisotopic (exact) mass is 288 g/mol. The second-order valence-corrected chi connectivity index (χ2v) is 5.89. The zero-order chi connectivity index (χ0) is 12.2. The van der Waals surface area contributed by atoms with Crippen molar-refractivity contribution in [3.63, 3.8) is 0 Å². The second-order valence-electron chi connectivity index (χ2n) is 3.10. The molecule has 90 valence electrons. The highest BCUT2D eigenvalue weighted by Gasteiger charge is 2.29. The van der Waals surface area contributed by atoms with Gasteiger partial charge < -0.3 is 4.43 Å². The molecule has 1 aromatic carbocycles. The molecular weight excluding hydrogens is 280 g/mol. The topological polar surface area (TPSA) is 9.23 Å². The molecule has 0 unspecified atom stereocenters. The molecule has 0 aliphatic carbocycles. The van der Waals surface area contributed by atoms with Crippen LogP contribution >= 0.6 is 23.2 Å². The van der Waals surface area contributed by atoms with E-state index < -0.39 is 26.3 Å². The highest BCUT2D eigenvalue weighted by molar-refractivity contribution is 6.47. The maximum absolute atomic E-state index is 12.2. The highest BCUT2D eigenvalue weighted by atomic mass is 35.5. The summed E-state index contributed by atoms with van der Waals surface area (Å²) in [5.41, 5.74) is -0.655. The van der Waals surface area contributed by atoms with E-state index in [0.717, 1.165) is 17.3 Å². The molecule has 0 aliphatic heterocycles. The molecule has 1 nitrogen and oxygen atoms in total. The molecule has 0 N–H and O–H groups in total. The number of rotatable bonds is 4. The van der Waals surface area contributed by atoms with Crippen LogP contribution in [0.2, 0.25) is 0 Å². The predicted octanol–water partition coefficient (Wildman–Crippen LogP) is 2.23. The summed E-state index contributed by atoms with van der Waals surface area (Å²) < 4.78 is 41.9. The fraction of sp³-hybridized carbons (Fsp3) is 0.333. The maximum atomic E-state index is 12.2. The van der Waals surface area contributed by atoms with Crippen molar-refractivity contribution < 1.29 is 17.6 Å². The van der Waals surface area contributed by atoms with Gasteiger partial charge in [-0.2, -0.15) is 13.2 Å². The Kier molecular flexibility index (Phi) is 5.11. The molecule has 0 aliphatic rings. The molecule has 7 heteroatoms. The van der Waals surface area contributed by atoms with Gasteiger partial charge in [0.2, 0.25) is 0 Å². The molecule has 0 heterocycles. The zero-order valence-corrected chi connectivity index (χ0v) is 11.0. The van der Waals surface area contributed by atoms with Gasteiger partial charge in [0.25, 0.3) is 0 Å². The molecule has 0 atom stereocenters. The fourth-order valence-electron chi connectivity index (χ4n) is 1.06. The molecular formula is C9H9Cl2F3OSi. The molecule has 0 spiro atoms. The van der Waals surface area contributed by atoms with Crippen LogP contribution in [0.15, 0.2) is 24.3 Å². The Labute approximate surface area is 103 Å². The number of benzene rings is 1. The van der Waals surface area contributed by atoms with Gasteiger partial charge in [-0.25, -0.2) is 0 Å². The molecule has 0 saturated heterocycles. The van der Waals surface area contributed by atoms with E-state index >= 15 is 0 Å². The smallest absolute Gasteiger partial charge is 0.416 e. The van der Waals surface area contributed by atoms with Crippen LogP contribution in [0.5, 0.6) is 0 Å². The quantitative estimate of drug-likeness (QED) is 0.610. The summed E-state index contributed by atoms with van der Waals surface area (Å²) in [6.45, 7) is 0.205. The average molecular weight is 289 g/mol. The predicted molar refractivity (Wildman–Crippen MR) is 61.1 cm³/mol. The van der Waals surface area contributed by atoms with Crippen LogP contribution in [0.25, 0.3) is 0 Å². The first-order valence-electron chi connectivity index (χ1n) is 4.41. The van der Waals surface area contributed by atoms with Crippen LogP contribution < -0.4 is 5.19 Å². The third kappa shape index (κ3) is 4.74. The fourth-order valence-corrected chi connectivity index (χ4v) is 2.55. The van der Waals surface area contributed by atoms with Crippen LogP contribution in [-0.4, -0.2) is 21.2 Å². The Balaban J connectivity index is 2.52. The van der Waals surface area contributed by atoms with Crippen molar-refractivity contribution in [2.24, 2.45) is 0 Å². The third-order valence-electron chi connectivity index (χ3n) is 1.79. The van der Waals surface area contributed by atoms with Crippen molar-refractivity contribution in [3.8, 4) is 0 Å². The molecule has 0 amide bonds. The average Bonchev–Trinajstić information content (AvgIpc) is 2.16. The summed E-state index contributed by atoms with van der Waals surface area (Å²) >= 11 is 10.9. The summed E-state index contributed by atoms with van der Waals surface area (Å²) in [4.78, 5) is -0.595. The van der Waals surface area contributed by atoms with E-state index in [1.807, 2.05) is 0 Å². The van der Waals surface area contributed by atoms with Crippen molar-refractivity contribution in [1.29, 1.82) is 0 Å². The van der Waals surface area contributed by atoms with Gasteiger partial charge >= 0.3 is 6.18 Å². The maximum Gasteiger partial charge on any atom is 0.416 e. The Morgan fingerprint density at radius 1 is 1.19 bits per heavy atom. The van der Waals surface area contributed by atoms with E-state index in [9.17, 15) is 13.2 Å². The summed E-state index contributed by atoms with van der Waals surface area (Å²) in [7, 11) is -1.05. The molecule has 0 bridgehead atoms. The van der Waals surface area contributed by atoms with Crippen molar-refractivity contribution in [1.82, 2.24) is 0 Å². The minimum atomic E-state index is -4.29. The lowest BCUT2D eigenvalue weighted by molar-refractivity contribution is -0.137. The summed E-state index contributed by atoms with van der Waals surface area (Å²) in [6, 6.07) is 4.94. The van der Waals surface area contributed by atoms with Crippen molar-refractivity contribution in [2.45, 2.75) is 11.0 Å². The van der Waals surface area contributed by atoms with Crippen LogP contribution in [0, 0.1) is 0 Å². The molecule has 1 rings (SSSR count). The molecule has 1 aromatic rings. The second kappa shape index (κ2) is 5.91. The third-order valence-corrected chi connectivity index (χ3v) is 3.29. The van der Waals surface area contributed by atoms with Gasteiger partial charge in [-0.15, -0.1) is 23.2 Å². The molecule has 0 saturated carbocycles. The minimum Gasteiger partial charge on any atom is -0.416 e. The number of alkyl halides is 5. The van der Waals surface area contributed by atoms with Crippen LogP contribution in [0.4, 0.5) is 13.2 Å². The molecule has 0 radical (unpaired) electrons. The van der Waals surface area contributed by atoms with Crippen LogP contribution in [-0.2, 0) is 10.6 Å². The Hall–Kier alpha value is -0.233. The number of hydrogen-bond donors (Lipinski definition) is 0. The van der Waals surface area contributed by atoms with Gasteiger partial charge in [-0.1, -0.05) is 24.3 Å². The Morgan fingerprint density at radius 2 is 1.75 bits per heavy atom. The van der Waals surface area contributed by atoms with E-state index in [0.29, 0.717) is 0 Å². The van der Waals surface area contributed by atoms with Crippen molar-refractivity contribution >= 4 is 38.2 Å². The zero-order valence-electron chi connectivity index (χ0n) is 8.10. The first-order chi connectivity index (χ1) is 7.39. The van der Waals surface area contributed by atoms with Gasteiger partial charge in [-0.05, 0) is 5.19 Å². The van der Waals surface area contributed by atoms with Gasteiger partial charge in [0.1, 0.15) is 4.84 Å². The SMILES string of the molecule is FC(F)(F)c1ccc([SiH2]OCC(Cl)Cl)cc1. The van der Waals surface area contributed by atoms with Gasteiger partial charge in [-0.3, -0.25) is 0 Å². The summed E-state index contributed by atoms with van der Waals surface area (Å²) in [5.74, 6) is 0. The number of halogens is 5. The minimum absolute atomic E-state index is 0.205. The first-order valence-corrected chi connectivity index (χ1v) is 6.57. The van der Waals surface area contributed by atoms with Crippen molar-refractivity contribution in [3.05, 3.63) is 29.8 Å². The Morgan fingerprint density at radius 3 is 2.19 bits per heavy atom. The summed E-state index contributed by atoms with van der Waals surface area (Å²) in [5, 5.41) is 0.780. The van der Waals surface area contributed by atoms with Gasteiger partial charge in [0.15, 0.2) is 9.76 Å². The highest BCUT2D eigenvalue weighted by Crippen LogP contribution is 2.28. The largest absolute Gasteiger partial charge is 0.416 e.